The van der Waals surface area contributed by atoms with Crippen LogP contribution in [0.15, 0.2) is 18.3 Å². The molecule has 60 valence electrons. The van der Waals surface area contributed by atoms with Gasteiger partial charge in [-0.05, 0) is 31.4 Å². The standard InChI is InChI=1S/C9H12BrN/c10-8-4-3-7(6-8)9-2-1-5-11-9/h1-2,5,7-8,11H,3-4,6H2. The van der Waals surface area contributed by atoms with E-state index in [1.165, 1.54) is 25.0 Å². The zero-order chi connectivity index (χ0) is 7.68. The van der Waals surface area contributed by atoms with Crippen LogP contribution in [0.3, 0.4) is 0 Å². The average molecular weight is 214 g/mol. The number of aromatic amines is 1. The number of alkyl halides is 1. The molecule has 1 aliphatic carbocycles. The summed E-state index contributed by atoms with van der Waals surface area (Å²) in [4.78, 5) is 4.02. The van der Waals surface area contributed by atoms with Crippen LogP contribution in [0.2, 0.25) is 0 Å². The Kier molecular flexibility index (Phi) is 2.03. The third-order valence-electron chi connectivity index (χ3n) is 2.43. The lowest BCUT2D eigenvalue weighted by Gasteiger charge is -2.05. The van der Waals surface area contributed by atoms with E-state index >= 15 is 0 Å². The molecule has 1 aromatic rings. The van der Waals surface area contributed by atoms with Gasteiger partial charge in [0.15, 0.2) is 0 Å². The van der Waals surface area contributed by atoms with Crippen LogP contribution in [0, 0.1) is 0 Å². The maximum absolute atomic E-state index is 3.65. The fourth-order valence-corrected chi connectivity index (χ4v) is 2.52. The molecule has 1 N–H and O–H groups in total. The van der Waals surface area contributed by atoms with Crippen molar-refractivity contribution < 1.29 is 0 Å². The lowest BCUT2D eigenvalue weighted by atomic mass is 10.1. The van der Waals surface area contributed by atoms with Crippen LogP contribution >= 0.6 is 15.9 Å². The highest BCUT2D eigenvalue weighted by Crippen LogP contribution is 2.36. The summed E-state index contributed by atoms with van der Waals surface area (Å²) in [7, 11) is 0. The quantitative estimate of drug-likeness (QED) is 0.691. The number of hydrogen-bond acceptors (Lipinski definition) is 0. The van der Waals surface area contributed by atoms with E-state index in [1.54, 1.807) is 0 Å². The zero-order valence-electron chi connectivity index (χ0n) is 6.39. The second-order valence-corrected chi connectivity index (χ2v) is 4.53. The van der Waals surface area contributed by atoms with Gasteiger partial charge < -0.3 is 4.98 Å². The summed E-state index contributed by atoms with van der Waals surface area (Å²) in [5.41, 5.74) is 1.41. The lowest BCUT2D eigenvalue weighted by Crippen LogP contribution is -1.93. The Morgan fingerprint density at radius 3 is 2.91 bits per heavy atom. The smallest absolute Gasteiger partial charge is 0.0179 e. The van der Waals surface area contributed by atoms with Gasteiger partial charge in [0, 0.05) is 22.6 Å². The molecule has 0 saturated heterocycles. The first-order valence-electron chi connectivity index (χ1n) is 4.13. The van der Waals surface area contributed by atoms with E-state index < -0.39 is 0 Å². The monoisotopic (exact) mass is 213 g/mol. The Morgan fingerprint density at radius 2 is 2.36 bits per heavy atom. The highest BCUT2D eigenvalue weighted by molar-refractivity contribution is 9.09. The summed E-state index contributed by atoms with van der Waals surface area (Å²) in [5.74, 6) is 0.773. The second-order valence-electron chi connectivity index (χ2n) is 3.23. The molecule has 1 heterocycles. The Balaban J connectivity index is 2.08. The van der Waals surface area contributed by atoms with Crippen molar-refractivity contribution in [2.45, 2.75) is 30.0 Å². The summed E-state index contributed by atoms with van der Waals surface area (Å²) >= 11 is 3.65. The van der Waals surface area contributed by atoms with E-state index in [9.17, 15) is 0 Å². The van der Waals surface area contributed by atoms with Gasteiger partial charge in [0.2, 0.25) is 0 Å². The Hall–Kier alpha value is -0.240. The fourth-order valence-electron chi connectivity index (χ4n) is 1.81. The van der Waals surface area contributed by atoms with Crippen molar-refractivity contribution in [1.82, 2.24) is 4.98 Å². The molecule has 2 rings (SSSR count). The Labute approximate surface area is 75.3 Å². The van der Waals surface area contributed by atoms with Crippen LogP contribution in [0.4, 0.5) is 0 Å². The molecule has 2 unspecified atom stereocenters. The summed E-state index contributed by atoms with van der Waals surface area (Å²) < 4.78 is 0. The molecule has 2 atom stereocenters. The molecule has 1 nitrogen and oxygen atoms in total. The van der Waals surface area contributed by atoms with Crippen molar-refractivity contribution in [2.24, 2.45) is 0 Å². The van der Waals surface area contributed by atoms with Crippen LogP contribution in [-0.4, -0.2) is 9.81 Å². The minimum absolute atomic E-state index is 0.746. The number of hydrogen-bond donors (Lipinski definition) is 1. The second kappa shape index (κ2) is 3.02. The summed E-state index contributed by atoms with van der Waals surface area (Å²) in [6.45, 7) is 0. The number of nitrogens with one attached hydrogen (secondary N) is 1. The summed E-state index contributed by atoms with van der Waals surface area (Å²) in [5, 5.41) is 0. The predicted molar refractivity (Wildman–Crippen MR) is 50.1 cm³/mol. The van der Waals surface area contributed by atoms with Crippen molar-refractivity contribution in [1.29, 1.82) is 0 Å². The summed E-state index contributed by atoms with van der Waals surface area (Å²) in [6, 6.07) is 4.27. The van der Waals surface area contributed by atoms with E-state index in [1.807, 2.05) is 6.20 Å². The SMILES string of the molecule is BrC1CCC(c2ccc[nH]2)C1. The number of aromatic nitrogens is 1. The van der Waals surface area contributed by atoms with Gasteiger partial charge in [-0.25, -0.2) is 0 Å². The molecular weight excluding hydrogens is 202 g/mol. The summed E-state index contributed by atoms with van der Waals surface area (Å²) in [6.07, 6.45) is 5.96. The van der Waals surface area contributed by atoms with Gasteiger partial charge in [-0.15, -0.1) is 0 Å². The van der Waals surface area contributed by atoms with Crippen LogP contribution in [0.5, 0.6) is 0 Å². The van der Waals surface area contributed by atoms with Gasteiger partial charge in [-0.3, -0.25) is 0 Å². The maximum Gasteiger partial charge on any atom is 0.0179 e. The van der Waals surface area contributed by atoms with Crippen molar-refractivity contribution in [3.8, 4) is 0 Å². The van der Waals surface area contributed by atoms with Crippen LogP contribution in [0.25, 0.3) is 0 Å². The fraction of sp³-hybridized carbons (Fsp3) is 0.556. The van der Waals surface area contributed by atoms with Crippen LogP contribution in [0.1, 0.15) is 30.9 Å². The molecule has 0 aromatic carbocycles. The zero-order valence-corrected chi connectivity index (χ0v) is 7.97. The molecule has 0 spiro atoms. The van der Waals surface area contributed by atoms with E-state index in [2.05, 4.69) is 33.0 Å². The Bertz CT molecular complexity index is 217. The molecule has 1 saturated carbocycles. The molecule has 2 heteroatoms. The molecular formula is C9H12BrN. The Morgan fingerprint density at radius 1 is 1.45 bits per heavy atom. The minimum atomic E-state index is 0.746. The van der Waals surface area contributed by atoms with E-state index in [-0.39, 0.29) is 0 Å². The van der Waals surface area contributed by atoms with Gasteiger partial charge in [0.25, 0.3) is 0 Å². The number of rotatable bonds is 1. The largest absolute Gasteiger partial charge is 0.365 e. The van der Waals surface area contributed by atoms with Crippen molar-refractivity contribution >= 4 is 15.9 Å². The van der Waals surface area contributed by atoms with Crippen LogP contribution < -0.4 is 0 Å². The molecule has 1 fully saturated rings. The van der Waals surface area contributed by atoms with E-state index in [4.69, 9.17) is 0 Å². The predicted octanol–water partition coefficient (Wildman–Crippen LogP) is 3.05. The first kappa shape index (κ1) is 7.41. The molecule has 0 radical (unpaired) electrons. The highest BCUT2D eigenvalue weighted by atomic mass is 79.9. The van der Waals surface area contributed by atoms with Gasteiger partial charge in [-0.1, -0.05) is 15.9 Å². The van der Waals surface area contributed by atoms with Gasteiger partial charge in [-0.2, -0.15) is 0 Å². The minimum Gasteiger partial charge on any atom is -0.365 e. The van der Waals surface area contributed by atoms with Gasteiger partial charge in [0.05, 0.1) is 0 Å². The first-order chi connectivity index (χ1) is 5.36. The number of H-pyrrole nitrogens is 1. The third-order valence-corrected chi connectivity index (χ3v) is 3.26. The topological polar surface area (TPSA) is 15.8 Å². The molecule has 1 aliphatic rings. The third kappa shape index (κ3) is 1.51. The van der Waals surface area contributed by atoms with Crippen molar-refractivity contribution in [3.63, 3.8) is 0 Å². The molecule has 0 bridgehead atoms. The molecule has 0 amide bonds. The van der Waals surface area contributed by atoms with Gasteiger partial charge in [0.1, 0.15) is 0 Å². The first-order valence-corrected chi connectivity index (χ1v) is 5.05. The lowest BCUT2D eigenvalue weighted by molar-refractivity contribution is 0.705. The van der Waals surface area contributed by atoms with Crippen molar-refractivity contribution in [2.75, 3.05) is 0 Å². The maximum atomic E-state index is 3.65. The van der Waals surface area contributed by atoms with Crippen LogP contribution in [-0.2, 0) is 0 Å². The molecule has 1 aromatic heterocycles. The average Bonchev–Trinajstić information content (AvgIpc) is 2.55. The highest BCUT2D eigenvalue weighted by Gasteiger charge is 2.23. The van der Waals surface area contributed by atoms with E-state index in [0.717, 1.165) is 10.7 Å². The molecule has 11 heavy (non-hydrogen) atoms. The van der Waals surface area contributed by atoms with Gasteiger partial charge >= 0.3 is 0 Å². The number of halogens is 1. The molecule has 0 aliphatic heterocycles. The normalized spacial score (nSPS) is 31.0. The van der Waals surface area contributed by atoms with E-state index in [0.29, 0.717) is 0 Å². The van der Waals surface area contributed by atoms with Crippen molar-refractivity contribution in [3.05, 3.63) is 24.0 Å².